The molecule has 4 rings (SSSR count). The molecule has 6 nitrogen and oxygen atoms in total. The molecule has 1 atom stereocenters. The van der Waals surface area contributed by atoms with E-state index in [0.717, 1.165) is 43.0 Å². The Morgan fingerprint density at radius 3 is 2.84 bits per heavy atom. The molecule has 0 saturated carbocycles. The highest BCUT2D eigenvalue weighted by molar-refractivity contribution is 7.64. The summed E-state index contributed by atoms with van der Waals surface area (Å²) in [5, 5.41) is 12.9. The Bertz CT molecular complexity index is 1040. The van der Waals surface area contributed by atoms with E-state index in [0.29, 0.717) is 22.8 Å². The van der Waals surface area contributed by atoms with Gasteiger partial charge in [0.2, 0.25) is 5.95 Å². The molecule has 3 aromatic rings. The lowest BCUT2D eigenvalue weighted by molar-refractivity contribution is 0.460. The second-order valence-electron chi connectivity index (χ2n) is 7.83. The first-order valence-electron chi connectivity index (χ1n) is 10.6. The van der Waals surface area contributed by atoms with Gasteiger partial charge in [0, 0.05) is 16.6 Å². The molecule has 2 aromatic heterocycles. The van der Waals surface area contributed by atoms with Crippen LogP contribution in [0, 0.1) is 0 Å². The summed E-state index contributed by atoms with van der Waals surface area (Å²) in [5.41, 5.74) is 2.23. The molecule has 0 bridgehead atoms. The standard InChI is InChI=1S/C22H28ClN6PS/c1-4-11-24-14-9-10-17-19(12-14)31-22(27-17)29-21-25-13-15(23)20(28-21)26-16-7-5-6-8-18(16)30(2)3/h5-8,13-14,24H,4,9-12H2,1-3H3,(H2,25,26,27,28,29). The van der Waals surface area contributed by atoms with Crippen LogP contribution in [0.5, 0.6) is 0 Å². The molecule has 0 amide bonds. The zero-order valence-electron chi connectivity index (χ0n) is 18.1. The Balaban J connectivity index is 1.49. The van der Waals surface area contributed by atoms with Crippen molar-refractivity contribution < 1.29 is 0 Å². The number of thiazole rings is 1. The summed E-state index contributed by atoms with van der Waals surface area (Å²) in [6, 6.07) is 8.82. The van der Waals surface area contributed by atoms with Gasteiger partial charge in [-0.1, -0.05) is 44.6 Å². The fourth-order valence-electron chi connectivity index (χ4n) is 3.66. The van der Waals surface area contributed by atoms with Gasteiger partial charge in [-0.25, -0.2) is 9.97 Å². The van der Waals surface area contributed by atoms with Crippen LogP contribution in [0.15, 0.2) is 30.5 Å². The number of benzene rings is 1. The molecule has 2 heterocycles. The summed E-state index contributed by atoms with van der Waals surface area (Å²) < 4.78 is 0. The molecule has 0 radical (unpaired) electrons. The largest absolute Gasteiger partial charge is 0.338 e. The maximum Gasteiger partial charge on any atom is 0.231 e. The highest BCUT2D eigenvalue weighted by atomic mass is 35.5. The van der Waals surface area contributed by atoms with E-state index in [9.17, 15) is 0 Å². The zero-order chi connectivity index (χ0) is 21.8. The lowest BCUT2D eigenvalue weighted by Gasteiger charge is -2.21. The van der Waals surface area contributed by atoms with E-state index >= 15 is 0 Å². The molecule has 0 spiro atoms. The maximum atomic E-state index is 6.39. The summed E-state index contributed by atoms with van der Waals surface area (Å²) in [6.07, 6.45) is 5.97. The van der Waals surface area contributed by atoms with E-state index < -0.39 is 0 Å². The summed E-state index contributed by atoms with van der Waals surface area (Å²) in [5.74, 6) is 1.08. The highest BCUT2D eigenvalue weighted by Gasteiger charge is 2.22. The van der Waals surface area contributed by atoms with Gasteiger partial charge in [0.15, 0.2) is 10.9 Å². The summed E-state index contributed by atoms with van der Waals surface area (Å²) >= 11 is 8.09. The third kappa shape index (κ3) is 5.53. The lowest BCUT2D eigenvalue weighted by atomic mass is 9.98. The van der Waals surface area contributed by atoms with Gasteiger partial charge in [0.1, 0.15) is 5.02 Å². The number of nitrogens with zero attached hydrogens (tertiary/aromatic N) is 3. The quantitative estimate of drug-likeness (QED) is 0.385. The van der Waals surface area contributed by atoms with Gasteiger partial charge < -0.3 is 10.6 Å². The van der Waals surface area contributed by atoms with Gasteiger partial charge in [0.05, 0.1) is 11.9 Å². The number of nitrogens with one attached hydrogen (secondary N) is 3. The molecular weight excluding hydrogens is 447 g/mol. The SMILES string of the molecule is CCCNC1CCc2nc(Nc3ncc(Cl)c(Nc4ccccc4P(C)C)n3)sc2C1. The molecule has 1 aromatic carbocycles. The summed E-state index contributed by atoms with van der Waals surface area (Å²) in [4.78, 5) is 15.1. The van der Waals surface area contributed by atoms with Crippen molar-refractivity contribution in [3.63, 3.8) is 0 Å². The Hall–Kier alpha value is -1.79. The van der Waals surface area contributed by atoms with Crippen molar-refractivity contribution in [3.05, 3.63) is 46.1 Å². The lowest BCUT2D eigenvalue weighted by Crippen LogP contribution is -2.34. The van der Waals surface area contributed by atoms with Crippen molar-refractivity contribution in [1.29, 1.82) is 0 Å². The maximum absolute atomic E-state index is 6.39. The van der Waals surface area contributed by atoms with E-state index in [-0.39, 0.29) is 7.92 Å². The Morgan fingerprint density at radius 2 is 2.03 bits per heavy atom. The number of para-hydroxylation sites is 1. The smallest absolute Gasteiger partial charge is 0.231 e. The minimum Gasteiger partial charge on any atom is -0.338 e. The number of halogens is 1. The molecule has 3 N–H and O–H groups in total. The van der Waals surface area contributed by atoms with Crippen molar-refractivity contribution >= 4 is 58.7 Å². The Labute approximate surface area is 194 Å². The number of hydrogen-bond donors (Lipinski definition) is 3. The molecule has 0 aliphatic heterocycles. The first-order valence-corrected chi connectivity index (χ1v) is 14.0. The molecule has 164 valence electrons. The summed E-state index contributed by atoms with van der Waals surface area (Å²) in [7, 11) is -0.255. The monoisotopic (exact) mass is 474 g/mol. The number of aryl methyl sites for hydroxylation is 1. The van der Waals surface area contributed by atoms with Crippen molar-refractivity contribution in [3.8, 4) is 0 Å². The number of anilines is 4. The van der Waals surface area contributed by atoms with Crippen LogP contribution in [0.2, 0.25) is 5.02 Å². The van der Waals surface area contributed by atoms with Crippen LogP contribution < -0.4 is 21.3 Å². The molecular formula is C22H28ClN6PS. The molecule has 0 fully saturated rings. The van der Waals surface area contributed by atoms with Crippen LogP contribution in [0.1, 0.15) is 30.3 Å². The number of rotatable bonds is 8. The number of hydrogen-bond acceptors (Lipinski definition) is 7. The van der Waals surface area contributed by atoms with E-state index in [1.165, 1.54) is 15.9 Å². The molecule has 1 aliphatic carbocycles. The number of aromatic nitrogens is 3. The van der Waals surface area contributed by atoms with Gasteiger partial charge in [0.25, 0.3) is 0 Å². The molecule has 31 heavy (non-hydrogen) atoms. The summed E-state index contributed by atoms with van der Waals surface area (Å²) in [6.45, 7) is 7.74. The van der Waals surface area contributed by atoms with Crippen LogP contribution in [0.3, 0.4) is 0 Å². The van der Waals surface area contributed by atoms with Gasteiger partial charge in [-0.3, -0.25) is 5.32 Å². The van der Waals surface area contributed by atoms with Crippen molar-refractivity contribution in [2.75, 3.05) is 30.5 Å². The topological polar surface area (TPSA) is 74.8 Å². The van der Waals surface area contributed by atoms with Gasteiger partial charge in [-0.2, -0.15) is 4.98 Å². The van der Waals surface area contributed by atoms with E-state index in [4.69, 9.17) is 16.6 Å². The van der Waals surface area contributed by atoms with Crippen LogP contribution in [0.25, 0.3) is 0 Å². The Morgan fingerprint density at radius 1 is 1.19 bits per heavy atom. The third-order valence-corrected chi connectivity index (χ3v) is 7.89. The number of fused-ring (bicyclic) bond motifs is 1. The van der Waals surface area contributed by atoms with Crippen LogP contribution in [-0.4, -0.2) is 40.9 Å². The first-order chi connectivity index (χ1) is 15.0. The fourth-order valence-corrected chi connectivity index (χ4v) is 5.87. The fraction of sp³-hybridized carbons (Fsp3) is 0.409. The predicted octanol–water partition coefficient (Wildman–Crippen LogP) is 5.30. The van der Waals surface area contributed by atoms with Crippen LogP contribution in [0.4, 0.5) is 22.6 Å². The minimum atomic E-state index is -0.255. The van der Waals surface area contributed by atoms with E-state index in [2.05, 4.69) is 64.4 Å². The van der Waals surface area contributed by atoms with Gasteiger partial charge in [-0.05, 0) is 56.9 Å². The van der Waals surface area contributed by atoms with Crippen molar-refractivity contribution in [2.45, 2.75) is 38.6 Å². The first kappa shape index (κ1) is 22.4. The molecule has 9 heteroatoms. The van der Waals surface area contributed by atoms with Crippen LogP contribution >= 0.6 is 30.9 Å². The minimum absolute atomic E-state index is 0.255. The van der Waals surface area contributed by atoms with E-state index in [1.54, 1.807) is 17.5 Å². The predicted molar refractivity (Wildman–Crippen MR) is 135 cm³/mol. The molecule has 1 unspecified atom stereocenters. The second-order valence-corrected chi connectivity index (χ2v) is 11.6. The van der Waals surface area contributed by atoms with Crippen molar-refractivity contribution in [2.24, 2.45) is 0 Å². The van der Waals surface area contributed by atoms with Crippen LogP contribution in [-0.2, 0) is 12.8 Å². The van der Waals surface area contributed by atoms with Crippen molar-refractivity contribution in [1.82, 2.24) is 20.3 Å². The molecule has 0 saturated heterocycles. The second kappa shape index (κ2) is 10.2. The third-order valence-electron chi connectivity index (χ3n) is 5.22. The van der Waals surface area contributed by atoms with E-state index in [1.807, 2.05) is 6.07 Å². The Kier molecular flexibility index (Phi) is 7.39. The average Bonchev–Trinajstić information content (AvgIpc) is 3.16. The van der Waals surface area contributed by atoms with Gasteiger partial charge >= 0.3 is 0 Å². The van der Waals surface area contributed by atoms with Gasteiger partial charge in [-0.15, -0.1) is 11.3 Å². The molecule has 1 aliphatic rings. The normalized spacial score (nSPS) is 15.7. The highest BCUT2D eigenvalue weighted by Crippen LogP contribution is 2.33. The average molecular weight is 475 g/mol. The zero-order valence-corrected chi connectivity index (χ0v) is 20.5.